The van der Waals surface area contributed by atoms with Gasteiger partial charge in [0.2, 0.25) is 5.91 Å². The van der Waals surface area contributed by atoms with Gasteiger partial charge >= 0.3 is 0 Å². The summed E-state index contributed by atoms with van der Waals surface area (Å²) >= 11 is 0. The molecule has 1 aromatic carbocycles. The molecule has 0 atom stereocenters. The summed E-state index contributed by atoms with van der Waals surface area (Å²) in [6.45, 7) is 5.85. The normalized spacial score (nSPS) is 15.7. The van der Waals surface area contributed by atoms with Crippen LogP contribution in [0.1, 0.15) is 24.2 Å². The van der Waals surface area contributed by atoms with Crippen LogP contribution in [0.5, 0.6) is 0 Å². The first kappa shape index (κ1) is 14.8. The molecular weight excluding hydrogens is 276 g/mol. The number of benzene rings is 1. The minimum absolute atomic E-state index is 0.110. The Morgan fingerprint density at radius 3 is 2.73 bits per heavy atom. The number of nitrogens with zero attached hydrogens (tertiary/aromatic N) is 2. The zero-order valence-electron chi connectivity index (χ0n) is 13.1. The summed E-state index contributed by atoms with van der Waals surface area (Å²) < 4.78 is 1.90. The van der Waals surface area contributed by atoms with Crippen LogP contribution < -0.4 is 10.6 Å². The van der Waals surface area contributed by atoms with Gasteiger partial charge in [-0.05, 0) is 64.0 Å². The molecule has 1 aromatic heterocycles. The van der Waals surface area contributed by atoms with Crippen molar-refractivity contribution in [1.29, 1.82) is 0 Å². The zero-order chi connectivity index (χ0) is 15.5. The van der Waals surface area contributed by atoms with E-state index in [1.807, 2.05) is 48.9 Å². The van der Waals surface area contributed by atoms with Gasteiger partial charge in [-0.15, -0.1) is 0 Å². The van der Waals surface area contributed by atoms with Crippen LogP contribution in [-0.2, 0) is 4.79 Å². The molecule has 1 fully saturated rings. The average Bonchev–Trinajstić information content (AvgIpc) is 2.87. The number of hydrogen-bond donors (Lipinski definition) is 2. The van der Waals surface area contributed by atoms with Crippen LogP contribution in [0, 0.1) is 19.8 Å². The number of hydrogen-bond acceptors (Lipinski definition) is 3. The Balaban J connectivity index is 1.76. The molecule has 2 heterocycles. The summed E-state index contributed by atoms with van der Waals surface area (Å²) in [4.78, 5) is 12.3. The number of rotatable bonds is 3. The van der Waals surface area contributed by atoms with Crippen molar-refractivity contribution >= 4 is 11.6 Å². The van der Waals surface area contributed by atoms with Crippen LogP contribution in [0.4, 0.5) is 5.69 Å². The van der Waals surface area contributed by atoms with Crippen LogP contribution in [0.15, 0.2) is 30.3 Å². The molecule has 0 spiro atoms. The molecule has 1 aliphatic heterocycles. The van der Waals surface area contributed by atoms with Gasteiger partial charge < -0.3 is 10.6 Å². The third-order valence-corrected chi connectivity index (χ3v) is 4.08. The van der Waals surface area contributed by atoms with Gasteiger partial charge in [0, 0.05) is 17.3 Å². The summed E-state index contributed by atoms with van der Waals surface area (Å²) in [6.07, 6.45) is 1.81. The third kappa shape index (κ3) is 3.20. The fraction of sp³-hybridized carbons (Fsp3) is 0.412. The van der Waals surface area contributed by atoms with Crippen LogP contribution in [0.2, 0.25) is 0 Å². The van der Waals surface area contributed by atoms with E-state index in [4.69, 9.17) is 0 Å². The van der Waals surface area contributed by atoms with Crippen molar-refractivity contribution in [1.82, 2.24) is 15.1 Å². The molecule has 0 saturated carbocycles. The first-order valence-electron chi connectivity index (χ1n) is 7.79. The first-order valence-corrected chi connectivity index (χ1v) is 7.79. The lowest BCUT2D eigenvalue weighted by Gasteiger charge is -2.21. The average molecular weight is 298 g/mol. The first-order chi connectivity index (χ1) is 10.6. The third-order valence-electron chi connectivity index (χ3n) is 4.08. The molecule has 0 aliphatic carbocycles. The van der Waals surface area contributed by atoms with E-state index >= 15 is 0 Å². The molecule has 5 nitrogen and oxygen atoms in total. The Morgan fingerprint density at radius 2 is 2.05 bits per heavy atom. The molecule has 0 bridgehead atoms. The molecule has 1 saturated heterocycles. The van der Waals surface area contributed by atoms with E-state index in [2.05, 4.69) is 15.7 Å². The lowest BCUT2D eigenvalue weighted by molar-refractivity contribution is -0.120. The molecule has 3 rings (SSSR count). The number of aromatic nitrogens is 2. The van der Waals surface area contributed by atoms with Gasteiger partial charge in [0.25, 0.3) is 0 Å². The van der Waals surface area contributed by atoms with Gasteiger partial charge in [-0.2, -0.15) is 5.10 Å². The molecule has 0 radical (unpaired) electrons. The van der Waals surface area contributed by atoms with Crippen molar-refractivity contribution in [2.45, 2.75) is 26.7 Å². The minimum atomic E-state index is 0.110. The monoisotopic (exact) mass is 298 g/mol. The SMILES string of the molecule is Cc1cc(C)n(-c2cccc(NC(=O)C3CCNCC3)c2)n1. The van der Waals surface area contributed by atoms with Gasteiger partial charge in [-0.25, -0.2) is 4.68 Å². The standard InChI is InChI=1S/C17H22N4O/c1-12-10-13(2)21(20-12)16-5-3-4-15(11-16)19-17(22)14-6-8-18-9-7-14/h3-5,10-11,14,18H,6-9H2,1-2H3,(H,19,22). The number of amides is 1. The highest BCUT2D eigenvalue weighted by Gasteiger charge is 2.20. The number of piperidine rings is 1. The molecule has 116 valence electrons. The van der Waals surface area contributed by atoms with E-state index in [0.29, 0.717) is 0 Å². The second kappa shape index (κ2) is 6.32. The van der Waals surface area contributed by atoms with Crippen LogP contribution in [0.25, 0.3) is 5.69 Å². The molecule has 0 unspecified atom stereocenters. The van der Waals surface area contributed by atoms with Gasteiger partial charge in [0.05, 0.1) is 11.4 Å². The van der Waals surface area contributed by atoms with E-state index in [9.17, 15) is 4.79 Å². The maximum absolute atomic E-state index is 12.3. The molecular formula is C17H22N4O. The van der Waals surface area contributed by atoms with Gasteiger partial charge in [0.1, 0.15) is 0 Å². The summed E-state index contributed by atoms with van der Waals surface area (Å²) in [6, 6.07) is 9.89. The topological polar surface area (TPSA) is 59.0 Å². The van der Waals surface area contributed by atoms with Crippen LogP contribution >= 0.6 is 0 Å². The van der Waals surface area contributed by atoms with Crippen molar-refractivity contribution in [3.8, 4) is 5.69 Å². The van der Waals surface area contributed by atoms with Gasteiger partial charge in [-0.3, -0.25) is 4.79 Å². The molecule has 1 amide bonds. The second-order valence-corrected chi connectivity index (χ2v) is 5.90. The lowest BCUT2D eigenvalue weighted by Crippen LogP contribution is -2.34. The Kier molecular flexibility index (Phi) is 4.24. The Bertz CT molecular complexity index is 671. The molecule has 1 aliphatic rings. The minimum Gasteiger partial charge on any atom is -0.326 e. The lowest BCUT2D eigenvalue weighted by atomic mass is 9.97. The van der Waals surface area contributed by atoms with Crippen LogP contribution in [0.3, 0.4) is 0 Å². The smallest absolute Gasteiger partial charge is 0.227 e. The Morgan fingerprint density at radius 1 is 1.27 bits per heavy atom. The van der Waals surface area contributed by atoms with Crippen molar-refractivity contribution in [3.63, 3.8) is 0 Å². The fourth-order valence-corrected chi connectivity index (χ4v) is 2.93. The van der Waals surface area contributed by atoms with Crippen molar-refractivity contribution in [2.24, 2.45) is 5.92 Å². The largest absolute Gasteiger partial charge is 0.326 e. The number of anilines is 1. The highest BCUT2D eigenvalue weighted by atomic mass is 16.1. The summed E-state index contributed by atoms with van der Waals surface area (Å²) in [5.41, 5.74) is 3.86. The Labute approximate surface area is 130 Å². The maximum atomic E-state index is 12.3. The summed E-state index contributed by atoms with van der Waals surface area (Å²) in [5, 5.41) is 10.8. The number of nitrogens with one attached hydrogen (secondary N) is 2. The summed E-state index contributed by atoms with van der Waals surface area (Å²) in [5.74, 6) is 0.227. The highest BCUT2D eigenvalue weighted by molar-refractivity contribution is 5.92. The fourth-order valence-electron chi connectivity index (χ4n) is 2.93. The molecule has 2 N–H and O–H groups in total. The number of aryl methyl sites for hydroxylation is 2. The zero-order valence-corrected chi connectivity index (χ0v) is 13.1. The van der Waals surface area contributed by atoms with E-state index in [1.54, 1.807) is 0 Å². The van der Waals surface area contributed by atoms with Gasteiger partial charge in [0.15, 0.2) is 0 Å². The Hall–Kier alpha value is -2.14. The highest BCUT2D eigenvalue weighted by Crippen LogP contribution is 2.19. The van der Waals surface area contributed by atoms with Crippen molar-refractivity contribution in [2.75, 3.05) is 18.4 Å². The predicted molar refractivity (Wildman–Crippen MR) is 87.3 cm³/mol. The predicted octanol–water partition coefficient (Wildman–Crippen LogP) is 2.43. The van der Waals surface area contributed by atoms with Crippen molar-refractivity contribution in [3.05, 3.63) is 41.7 Å². The second-order valence-electron chi connectivity index (χ2n) is 5.90. The molecule has 2 aromatic rings. The molecule has 5 heteroatoms. The van der Waals surface area contributed by atoms with E-state index in [0.717, 1.165) is 48.7 Å². The van der Waals surface area contributed by atoms with Gasteiger partial charge in [-0.1, -0.05) is 6.07 Å². The molecule has 22 heavy (non-hydrogen) atoms. The van der Waals surface area contributed by atoms with E-state index < -0.39 is 0 Å². The van der Waals surface area contributed by atoms with E-state index in [-0.39, 0.29) is 11.8 Å². The van der Waals surface area contributed by atoms with Crippen molar-refractivity contribution < 1.29 is 4.79 Å². The number of carbonyl (C=O) groups excluding carboxylic acids is 1. The number of carbonyl (C=O) groups is 1. The quantitative estimate of drug-likeness (QED) is 0.915. The van der Waals surface area contributed by atoms with E-state index in [1.165, 1.54) is 0 Å². The maximum Gasteiger partial charge on any atom is 0.227 e. The summed E-state index contributed by atoms with van der Waals surface area (Å²) in [7, 11) is 0. The van der Waals surface area contributed by atoms with Crippen LogP contribution in [-0.4, -0.2) is 28.8 Å².